The fraction of sp³-hybridized carbons (Fsp3) is 0.310. The minimum absolute atomic E-state index is 0.159. The average molecular weight is 458 g/mol. The summed E-state index contributed by atoms with van der Waals surface area (Å²) >= 11 is 0. The molecule has 0 saturated heterocycles. The summed E-state index contributed by atoms with van der Waals surface area (Å²) in [4.78, 5) is 23.5. The summed E-state index contributed by atoms with van der Waals surface area (Å²) in [6.45, 7) is -0.357. The highest BCUT2D eigenvalue weighted by molar-refractivity contribution is 5.77. The molecule has 3 aromatic rings. The van der Waals surface area contributed by atoms with E-state index in [0.29, 0.717) is 5.75 Å². The predicted octanol–water partition coefficient (Wildman–Crippen LogP) is 4.97. The topological polar surface area (TPSA) is 89.6 Å². The molecule has 1 aliphatic carbocycles. The van der Waals surface area contributed by atoms with Gasteiger partial charge >= 0.3 is 5.97 Å². The van der Waals surface area contributed by atoms with E-state index in [0.717, 1.165) is 43.2 Å². The molecule has 176 valence electrons. The molecule has 0 bridgehead atoms. The minimum atomic E-state index is -0.994. The van der Waals surface area contributed by atoms with Crippen LogP contribution in [0.3, 0.4) is 0 Å². The van der Waals surface area contributed by atoms with Crippen molar-refractivity contribution in [1.82, 2.24) is 0 Å². The largest absolute Gasteiger partial charge is 0.482 e. The highest BCUT2D eigenvalue weighted by Gasteiger charge is 2.32. The van der Waals surface area contributed by atoms with E-state index < -0.39 is 5.97 Å². The Labute approximate surface area is 200 Å². The van der Waals surface area contributed by atoms with Gasteiger partial charge in [0, 0.05) is 11.8 Å². The molecule has 4 rings (SSSR count). The maximum atomic E-state index is 12.6. The van der Waals surface area contributed by atoms with Gasteiger partial charge in [0.1, 0.15) is 5.75 Å². The number of amides is 1. The molecule has 1 amide bonds. The predicted molar refractivity (Wildman–Crippen MR) is 132 cm³/mol. The lowest BCUT2D eigenvalue weighted by molar-refractivity contribution is -0.139. The third-order valence-corrected chi connectivity index (χ3v) is 6.93. The molecule has 0 spiro atoms. The van der Waals surface area contributed by atoms with Crippen LogP contribution in [0.1, 0.15) is 47.4 Å². The molecule has 3 aromatic carbocycles. The Morgan fingerprint density at radius 2 is 1.56 bits per heavy atom. The zero-order valence-electron chi connectivity index (χ0n) is 19.2. The van der Waals surface area contributed by atoms with Gasteiger partial charge in [-0.2, -0.15) is 0 Å². The van der Waals surface area contributed by atoms with Crippen molar-refractivity contribution in [3.63, 3.8) is 0 Å². The lowest BCUT2D eigenvalue weighted by Crippen LogP contribution is -2.33. The highest BCUT2D eigenvalue weighted by Crippen LogP contribution is 2.38. The molecule has 5 nitrogen and oxygen atoms in total. The summed E-state index contributed by atoms with van der Waals surface area (Å²) in [7, 11) is 0. The van der Waals surface area contributed by atoms with Crippen molar-refractivity contribution in [2.24, 2.45) is 17.6 Å². The molecule has 0 saturated carbocycles. The van der Waals surface area contributed by atoms with E-state index in [-0.39, 0.29) is 30.3 Å². The second-order valence-corrected chi connectivity index (χ2v) is 9.04. The number of hydrogen-bond donors (Lipinski definition) is 2. The molecule has 34 heavy (non-hydrogen) atoms. The lowest BCUT2D eigenvalue weighted by atomic mass is 9.73. The van der Waals surface area contributed by atoms with Gasteiger partial charge in [-0.05, 0) is 66.3 Å². The minimum Gasteiger partial charge on any atom is -0.482 e. The molecule has 3 N–H and O–H groups in total. The number of carboxylic acid groups (broad SMARTS) is 1. The first-order chi connectivity index (χ1) is 16.5. The van der Waals surface area contributed by atoms with E-state index >= 15 is 0 Å². The third-order valence-electron chi connectivity index (χ3n) is 6.93. The van der Waals surface area contributed by atoms with Gasteiger partial charge in [-0.15, -0.1) is 0 Å². The molecule has 0 radical (unpaired) electrons. The Morgan fingerprint density at radius 1 is 0.912 bits per heavy atom. The van der Waals surface area contributed by atoms with Crippen LogP contribution < -0.4 is 10.5 Å². The van der Waals surface area contributed by atoms with E-state index in [1.165, 1.54) is 11.1 Å². The Balaban J connectivity index is 1.50. The summed E-state index contributed by atoms with van der Waals surface area (Å²) in [5.41, 5.74) is 10.6. The van der Waals surface area contributed by atoms with E-state index in [1.807, 2.05) is 30.3 Å². The number of carbonyl (C=O) groups is 2. The normalized spacial score (nSPS) is 16.0. The molecule has 2 atom stereocenters. The average Bonchev–Trinajstić information content (AvgIpc) is 2.86. The zero-order valence-corrected chi connectivity index (χ0v) is 19.2. The Morgan fingerprint density at radius 3 is 2.15 bits per heavy atom. The van der Waals surface area contributed by atoms with Crippen LogP contribution in [0.4, 0.5) is 0 Å². The van der Waals surface area contributed by atoms with Gasteiger partial charge in [0.05, 0.1) is 0 Å². The third kappa shape index (κ3) is 5.66. The van der Waals surface area contributed by atoms with Crippen molar-refractivity contribution in [2.75, 3.05) is 6.61 Å². The van der Waals surface area contributed by atoms with Gasteiger partial charge in [0.25, 0.3) is 0 Å². The van der Waals surface area contributed by atoms with Crippen LogP contribution in [-0.2, 0) is 22.4 Å². The molecular weight excluding hydrogens is 426 g/mol. The second-order valence-electron chi connectivity index (χ2n) is 9.04. The lowest BCUT2D eigenvalue weighted by Gasteiger charge is -2.31. The first kappa shape index (κ1) is 23.6. The molecule has 1 aliphatic rings. The fourth-order valence-corrected chi connectivity index (χ4v) is 5.27. The molecule has 0 heterocycles. The Kier molecular flexibility index (Phi) is 7.63. The van der Waals surface area contributed by atoms with Gasteiger partial charge in [0.2, 0.25) is 5.91 Å². The van der Waals surface area contributed by atoms with E-state index in [2.05, 4.69) is 48.5 Å². The van der Waals surface area contributed by atoms with Crippen LogP contribution in [0, 0.1) is 11.8 Å². The summed E-state index contributed by atoms with van der Waals surface area (Å²) in [5, 5.41) is 8.95. The molecular formula is C29H31NO4. The van der Waals surface area contributed by atoms with Crippen LogP contribution >= 0.6 is 0 Å². The van der Waals surface area contributed by atoms with Crippen LogP contribution in [0.25, 0.3) is 0 Å². The maximum Gasteiger partial charge on any atom is 0.341 e. The number of fused-ring (bicyclic) bond motifs is 1. The molecule has 2 unspecified atom stereocenters. The number of hydrogen-bond acceptors (Lipinski definition) is 3. The quantitative estimate of drug-likeness (QED) is 0.450. The first-order valence-corrected chi connectivity index (χ1v) is 11.9. The molecule has 5 heteroatoms. The van der Waals surface area contributed by atoms with Gasteiger partial charge in [-0.1, -0.05) is 72.8 Å². The summed E-state index contributed by atoms with van der Waals surface area (Å²) in [6, 6.07) is 26.6. The number of rotatable bonds is 10. The number of aliphatic carboxylic acids is 1. The Hall–Kier alpha value is -3.60. The molecule has 0 aliphatic heterocycles. The van der Waals surface area contributed by atoms with Gasteiger partial charge < -0.3 is 15.6 Å². The number of carboxylic acids is 1. The summed E-state index contributed by atoms with van der Waals surface area (Å²) < 4.78 is 5.49. The van der Waals surface area contributed by atoms with Crippen molar-refractivity contribution >= 4 is 11.9 Å². The number of primary amides is 1. The fourth-order valence-electron chi connectivity index (χ4n) is 5.27. The smallest absolute Gasteiger partial charge is 0.341 e. The molecule has 0 fully saturated rings. The van der Waals surface area contributed by atoms with E-state index in [1.54, 1.807) is 0 Å². The van der Waals surface area contributed by atoms with Crippen molar-refractivity contribution < 1.29 is 19.4 Å². The highest BCUT2D eigenvalue weighted by atomic mass is 16.5. The second kappa shape index (κ2) is 11.0. The van der Waals surface area contributed by atoms with Crippen molar-refractivity contribution in [1.29, 1.82) is 0 Å². The number of benzene rings is 3. The number of carbonyl (C=O) groups excluding carboxylic acids is 1. The van der Waals surface area contributed by atoms with Gasteiger partial charge in [-0.25, -0.2) is 4.79 Å². The monoisotopic (exact) mass is 457 g/mol. The van der Waals surface area contributed by atoms with Crippen molar-refractivity contribution in [3.8, 4) is 5.75 Å². The van der Waals surface area contributed by atoms with Crippen molar-refractivity contribution in [2.45, 2.75) is 38.0 Å². The van der Waals surface area contributed by atoms with Crippen LogP contribution in [-0.4, -0.2) is 23.6 Å². The summed E-state index contributed by atoms with van der Waals surface area (Å²) in [6.07, 6.45) is 3.88. The van der Waals surface area contributed by atoms with Crippen LogP contribution in [0.5, 0.6) is 5.75 Å². The zero-order chi connectivity index (χ0) is 23.9. The number of nitrogens with two attached hydrogens (primary N) is 1. The van der Waals surface area contributed by atoms with Gasteiger partial charge in [0.15, 0.2) is 6.61 Å². The van der Waals surface area contributed by atoms with Crippen molar-refractivity contribution in [3.05, 3.63) is 101 Å². The van der Waals surface area contributed by atoms with Gasteiger partial charge in [-0.3, -0.25) is 4.79 Å². The van der Waals surface area contributed by atoms with Crippen LogP contribution in [0.15, 0.2) is 78.9 Å². The number of ether oxygens (including phenoxy) is 1. The SMILES string of the molecule is NC(=O)C(CCC(c1ccccc1)c1ccccc1)C1CCc2c(cccc2OCC(=O)O)C1. The standard InChI is InChI=1S/C29H31NO4/c30-29(33)26(17-16-24(20-8-3-1-4-9-20)21-10-5-2-6-11-21)23-14-15-25-22(18-23)12-7-13-27(25)34-19-28(31)32/h1-13,23-24,26H,14-19H2,(H2,30,33)(H,31,32). The van der Waals surface area contributed by atoms with Crippen LogP contribution in [0.2, 0.25) is 0 Å². The van der Waals surface area contributed by atoms with E-state index in [4.69, 9.17) is 15.6 Å². The van der Waals surface area contributed by atoms with E-state index in [9.17, 15) is 9.59 Å². The first-order valence-electron chi connectivity index (χ1n) is 11.9. The maximum absolute atomic E-state index is 12.6. The Bertz CT molecular complexity index is 1070. The molecule has 0 aromatic heterocycles. The summed E-state index contributed by atoms with van der Waals surface area (Å²) in [5.74, 6) is -0.463.